The SMILES string of the molecule is Cc1cc(Cl)ccc1NC(=O)c1cc2ccccc2cc1OP(O)O. The number of carbonyl (C=O) groups excluding carboxylic acids is 1. The van der Waals surface area contributed by atoms with Crippen LogP contribution in [0.3, 0.4) is 0 Å². The minimum absolute atomic E-state index is 0.110. The molecule has 0 bridgehead atoms. The number of aryl methyl sites for hydroxylation is 1. The minimum Gasteiger partial charge on any atom is -0.426 e. The van der Waals surface area contributed by atoms with Crippen molar-refractivity contribution in [3.05, 3.63) is 70.7 Å². The molecule has 0 saturated heterocycles. The standard InChI is InChI=1S/C18H15ClNO4P/c1-11-8-14(19)6-7-16(11)20-18(21)15-9-12-4-2-3-5-13(12)10-17(15)24-25(22)23/h2-10,22-23H,1H3,(H,20,21). The van der Waals surface area contributed by atoms with E-state index in [0.717, 1.165) is 16.3 Å². The molecule has 0 heterocycles. The van der Waals surface area contributed by atoms with Crippen molar-refractivity contribution < 1.29 is 19.1 Å². The summed E-state index contributed by atoms with van der Waals surface area (Å²) in [6.07, 6.45) is 0. The highest BCUT2D eigenvalue weighted by molar-refractivity contribution is 7.39. The molecule has 0 spiro atoms. The van der Waals surface area contributed by atoms with E-state index in [-0.39, 0.29) is 11.3 Å². The molecule has 5 nitrogen and oxygen atoms in total. The lowest BCUT2D eigenvalue weighted by atomic mass is 10.1. The van der Waals surface area contributed by atoms with Crippen LogP contribution in [0.5, 0.6) is 5.75 Å². The second-order valence-electron chi connectivity index (χ2n) is 5.45. The number of anilines is 1. The summed E-state index contributed by atoms with van der Waals surface area (Å²) in [5, 5.41) is 5.05. The van der Waals surface area contributed by atoms with E-state index in [2.05, 4.69) is 5.32 Å². The summed E-state index contributed by atoms with van der Waals surface area (Å²) in [6.45, 7) is 1.83. The summed E-state index contributed by atoms with van der Waals surface area (Å²) in [7, 11) is -2.64. The molecule has 3 N–H and O–H groups in total. The molecule has 0 radical (unpaired) electrons. The molecule has 25 heavy (non-hydrogen) atoms. The van der Waals surface area contributed by atoms with Crippen LogP contribution in [0.4, 0.5) is 5.69 Å². The maximum atomic E-state index is 12.7. The number of halogens is 1. The summed E-state index contributed by atoms with van der Waals surface area (Å²) >= 11 is 5.93. The fourth-order valence-corrected chi connectivity index (χ4v) is 3.07. The molecule has 0 atom stereocenters. The van der Waals surface area contributed by atoms with Crippen molar-refractivity contribution in [2.45, 2.75) is 6.92 Å². The van der Waals surface area contributed by atoms with Crippen molar-refractivity contribution in [1.82, 2.24) is 0 Å². The van der Waals surface area contributed by atoms with E-state index in [4.69, 9.17) is 16.1 Å². The third-order valence-corrected chi connectivity index (χ3v) is 4.30. The molecule has 7 heteroatoms. The highest BCUT2D eigenvalue weighted by Crippen LogP contribution is 2.35. The van der Waals surface area contributed by atoms with Gasteiger partial charge < -0.3 is 19.6 Å². The maximum Gasteiger partial charge on any atom is 0.391 e. The first-order chi connectivity index (χ1) is 11.9. The Balaban J connectivity index is 2.01. The van der Waals surface area contributed by atoms with Crippen LogP contribution in [0.15, 0.2) is 54.6 Å². The first kappa shape index (κ1) is 17.6. The molecule has 0 aromatic heterocycles. The van der Waals surface area contributed by atoms with E-state index in [9.17, 15) is 14.6 Å². The summed E-state index contributed by atoms with van der Waals surface area (Å²) in [5.41, 5.74) is 1.64. The van der Waals surface area contributed by atoms with Gasteiger partial charge in [-0.1, -0.05) is 35.9 Å². The molecule has 0 aliphatic heterocycles. The lowest BCUT2D eigenvalue weighted by Gasteiger charge is -2.14. The van der Waals surface area contributed by atoms with E-state index in [1.54, 1.807) is 30.3 Å². The van der Waals surface area contributed by atoms with Crippen molar-refractivity contribution in [1.29, 1.82) is 0 Å². The van der Waals surface area contributed by atoms with Gasteiger partial charge in [-0.2, -0.15) is 0 Å². The van der Waals surface area contributed by atoms with E-state index >= 15 is 0 Å². The third-order valence-electron chi connectivity index (χ3n) is 3.71. The van der Waals surface area contributed by atoms with Gasteiger partial charge in [-0.3, -0.25) is 4.79 Å². The molecule has 0 aliphatic carbocycles. The van der Waals surface area contributed by atoms with Gasteiger partial charge >= 0.3 is 8.60 Å². The Morgan fingerprint density at radius 3 is 2.40 bits per heavy atom. The summed E-state index contributed by atoms with van der Waals surface area (Å²) in [5.74, 6) is -0.304. The van der Waals surface area contributed by atoms with Crippen molar-refractivity contribution in [2.24, 2.45) is 0 Å². The lowest BCUT2D eigenvalue weighted by Crippen LogP contribution is -2.14. The first-order valence-corrected chi connectivity index (χ1v) is 8.94. The molecule has 3 aromatic rings. The Hall–Kier alpha value is -2.17. The Labute approximate surface area is 150 Å². The fraction of sp³-hybridized carbons (Fsp3) is 0.0556. The summed E-state index contributed by atoms with van der Waals surface area (Å²) in [4.78, 5) is 31.1. The highest BCUT2D eigenvalue weighted by atomic mass is 35.5. The summed E-state index contributed by atoms with van der Waals surface area (Å²) in [6, 6.07) is 15.8. The first-order valence-electron chi connectivity index (χ1n) is 7.40. The Morgan fingerprint density at radius 1 is 1.08 bits per heavy atom. The number of fused-ring (bicyclic) bond motifs is 1. The van der Waals surface area contributed by atoms with Crippen LogP contribution < -0.4 is 9.84 Å². The molecule has 3 aromatic carbocycles. The predicted octanol–water partition coefficient (Wildman–Crippen LogP) is 4.64. The lowest BCUT2D eigenvalue weighted by molar-refractivity contribution is 0.102. The van der Waals surface area contributed by atoms with Gasteiger partial charge in [-0.25, -0.2) is 0 Å². The normalized spacial score (nSPS) is 10.9. The predicted molar refractivity (Wildman–Crippen MR) is 100 cm³/mol. The van der Waals surface area contributed by atoms with Gasteiger partial charge in [-0.15, -0.1) is 0 Å². The topological polar surface area (TPSA) is 78.8 Å². The largest absolute Gasteiger partial charge is 0.426 e. The smallest absolute Gasteiger partial charge is 0.391 e. The number of amides is 1. The molecule has 3 rings (SSSR count). The van der Waals surface area contributed by atoms with Crippen LogP contribution >= 0.6 is 20.2 Å². The second kappa shape index (κ2) is 7.38. The number of rotatable bonds is 4. The van der Waals surface area contributed by atoms with Crippen molar-refractivity contribution >= 4 is 42.6 Å². The monoisotopic (exact) mass is 375 g/mol. The maximum absolute atomic E-state index is 12.7. The van der Waals surface area contributed by atoms with Gasteiger partial charge in [0.05, 0.1) is 5.56 Å². The second-order valence-corrected chi connectivity index (χ2v) is 6.58. The third kappa shape index (κ3) is 4.09. The van der Waals surface area contributed by atoms with E-state index < -0.39 is 14.5 Å². The number of hydrogen-bond acceptors (Lipinski definition) is 4. The van der Waals surface area contributed by atoms with Gasteiger partial charge in [0, 0.05) is 10.7 Å². The molecule has 1 amide bonds. The zero-order valence-corrected chi connectivity index (χ0v) is 14.9. The summed E-state index contributed by atoms with van der Waals surface area (Å²) < 4.78 is 5.06. The molecule has 0 unspecified atom stereocenters. The van der Waals surface area contributed by atoms with Crippen LogP contribution in [0.2, 0.25) is 5.02 Å². The van der Waals surface area contributed by atoms with Gasteiger partial charge in [0.2, 0.25) is 0 Å². The Morgan fingerprint density at radius 2 is 1.76 bits per heavy atom. The highest BCUT2D eigenvalue weighted by Gasteiger charge is 2.17. The van der Waals surface area contributed by atoms with Crippen molar-refractivity contribution in [3.8, 4) is 5.75 Å². The average molecular weight is 376 g/mol. The van der Waals surface area contributed by atoms with Crippen molar-refractivity contribution in [3.63, 3.8) is 0 Å². The van der Waals surface area contributed by atoms with Gasteiger partial charge in [0.25, 0.3) is 5.91 Å². The molecular weight excluding hydrogens is 361 g/mol. The molecular formula is C18H15ClNO4P. The number of hydrogen-bond donors (Lipinski definition) is 3. The number of benzene rings is 3. The molecule has 128 valence electrons. The van der Waals surface area contributed by atoms with Crippen LogP contribution in [0.25, 0.3) is 10.8 Å². The zero-order chi connectivity index (χ0) is 18.0. The van der Waals surface area contributed by atoms with Crippen LogP contribution in [0, 0.1) is 6.92 Å². The van der Waals surface area contributed by atoms with Crippen LogP contribution in [-0.2, 0) is 0 Å². The van der Waals surface area contributed by atoms with E-state index in [1.807, 2.05) is 31.2 Å². The van der Waals surface area contributed by atoms with Gasteiger partial charge in [0.1, 0.15) is 5.75 Å². The van der Waals surface area contributed by atoms with E-state index in [1.165, 1.54) is 0 Å². The van der Waals surface area contributed by atoms with Crippen LogP contribution in [0.1, 0.15) is 15.9 Å². The molecule has 0 aliphatic rings. The average Bonchev–Trinajstić information content (AvgIpc) is 2.56. The van der Waals surface area contributed by atoms with Crippen molar-refractivity contribution in [2.75, 3.05) is 5.32 Å². The Bertz CT molecular complexity index is 946. The van der Waals surface area contributed by atoms with Crippen LogP contribution in [-0.4, -0.2) is 15.7 Å². The quantitative estimate of drug-likeness (QED) is 0.580. The number of carbonyl (C=O) groups is 1. The molecule has 0 saturated carbocycles. The molecule has 0 fully saturated rings. The Kier molecular flexibility index (Phi) is 5.21. The number of nitrogens with one attached hydrogen (secondary N) is 1. The van der Waals surface area contributed by atoms with Gasteiger partial charge in [0.15, 0.2) is 0 Å². The van der Waals surface area contributed by atoms with Gasteiger partial charge in [-0.05, 0) is 53.6 Å². The van der Waals surface area contributed by atoms with E-state index in [0.29, 0.717) is 10.7 Å². The minimum atomic E-state index is -2.64. The fourth-order valence-electron chi connectivity index (χ4n) is 2.52. The zero-order valence-electron chi connectivity index (χ0n) is 13.2.